The number of carbonyl (C=O) groups excluding carboxylic acids is 1. The van der Waals surface area contributed by atoms with Crippen LogP contribution in [-0.4, -0.2) is 23.9 Å². The Morgan fingerprint density at radius 2 is 2.05 bits per heavy atom. The second-order valence-corrected chi connectivity index (χ2v) is 8.01. The summed E-state index contributed by atoms with van der Waals surface area (Å²) in [6, 6.07) is 5.89. The van der Waals surface area contributed by atoms with Crippen LogP contribution in [0.3, 0.4) is 0 Å². The number of likely N-dealkylation sites (tertiary alicyclic amines) is 1. The third kappa shape index (κ3) is 3.94. The highest BCUT2D eigenvalue weighted by atomic mass is 127. The van der Waals surface area contributed by atoms with Crippen LogP contribution in [0.2, 0.25) is 0 Å². The summed E-state index contributed by atoms with van der Waals surface area (Å²) >= 11 is 5.68. The summed E-state index contributed by atoms with van der Waals surface area (Å²) in [7, 11) is 0. The summed E-state index contributed by atoms with van der Waals surface area (Å²) in [5, 5.41) is 0. The Hall–Kier alpha value is -0.100. The lowest BCUT2D eigenvalue weighted by Gasteiger charge is -2.23. The highest BCUT2D eigenvalue weighted by Crippen LogP contribution is 2.30. The molecular weight excluding hydrogens is 417 g/mol. The number of nitrogens with zero attached hydrogens (tertiary/aromatic N) is 1. The van der Waals surface area contributed by atoms with Crippen LogP contribution in [0.1, 0.15) is 43.5 Å². The van der Waals surface area contributed by atoms with Crippen molar-refractivity contribution in [3.8, 4) is 0 Å². The molecule has 0 bridgehead atoms. The molecule has 4 heteroatoms. The van der Waals surface area contributed by atoms with E-state index in [-0.39, 0.29) is 5.91 Å². The van der Waals surface area contributed by atoms with E-state index >= 15 is 0 Å². The standard InChI is InChI=1S/C15H19BrINO/c1-15(2)6-3-8-18(9-7-15)14(19)12-10-11(16)4-5-13(12)17/h4-5,10H,3,6-9H2,1-2H3. The molecule has 1 amide bonds. The van der Waals surface area contributed by atoms with Crippen molar-refractivity contribution in [1.82, 2.24) is 4.90 Å². The highest BCUT2D eigenvalue weighted by Gasteiger charge is 2.26. The van der Waals surface area contributed by atoms with Gasteiger partial charge in [0.2, 0.25) is 0 Å². The maximum Gasteiger partial charge on any atom is 0.254 e. The molecule has 1 aromatic carbocycles. The molecule has 2 nitrogen and oxygen atoms in total. The van der Waals surface area contributed by atoms with Crippen LogP contribution in [0, 0.1) is 8.99 Å². The number of halogens is 2. The molecule has 1 fully saturated rings. The fourth-order valence-electron chi connectivity index (χ4n) is 2.46. The monoisotopic (exact) mass is 435 g/mol. The van der Waals surface area contributed by atoms with Crippen LogP contribution in [0.5, 0.6) is 0 Å². The number of hydrogen-bond donors (Lipinski definition) is 0. The quantitative estimate of drug-likeness (QED) is 0.585. The Kier molecular flexibility index (Phi) is 4.93. The lowest BCUT2D eigenvalue weighted by molar-refractivity contribution is 0.0756. The SMILES string of the molecule is CC1(C)CCCN(C(=O)c2cc(Br)ccc2I)CC1. The molecule has 0 aliphatic carbocycles. The minimum Gasteiger partial charge on any atom is -0.339 e. The molecule has 1 heterocycles. The topological polar surface area (TPSA) is 20.3 Å². The second kappa shape index (κ2) is 6.12. The Balaban J connectivity index is 2.17. The van der Waals surface area contributed by atoms with Gasteiger partial charge in [-0.25, -0.2) is 0 Å². The van der Waals surface area contributed by atoms with Crippen molar-refractivity contribution in [1.29, 1.82) is 0 Å². The van der Waals surface area contributed by atoms with E-state index in [2.05, 4.69) is 52.4 Å². The predicted octanol–water partition coefficient (Wildman–Crippen LogP) is 4.71. The van der Waals surface area contributed by atoms with Gasteiger partial charge in [-0.05, 0) is 65.5 Å². The first kappa shape index (κ1) is 15.3. The average molecular weight is 436 g/mol. The molecule has 0 aromatic heterocycles. The Bertz CT molecular complexity index is 487. The van der Waals surface area contributed by atoms with E-state index in [4.69, 9.17) is 0 Å². The van der Waals surface area contributed by atoms with Crippen molar-refractivity contribution in [2.45, 2.75) is 33.1 Å². The molecule has 0 atom stereocenters. The first-order chi connectivity index (χ1) is 8.89. The molecule has 104 valence electrons. The van der Waals surface area contributed by atoms with E-state index < -0.39 is 0 Å². The molecule has 0 unspecified atom stereocenters. The maximum atomic E-state index is 12.6. The van der Waals surface area contributed by atoms with Crippen molar-refractivity contribution >= 4 is 44.4 Å². The second-order valence-electron chi connectivity index (χ2n) is 5.93. The van der Waals surface area contributed by atoms with Crippen LogP contribution >= 0.6 is 38.5 Å². The van der Waals surface area contributed by atoms with Crippen LogP contribution < -0.4 is 0 Å². The minimum absolute atomic E-state index is 0.170. The summed E-state index contributed by atoms with van der Waals surface area (Å²) in [6.45, 7) is 6.34. The van der Waals surface area contributed by atoms with E-state index in [0.29, 0.717) is 5.41 Å². The molecular formula is C15H19BrINO. The molecule has 1 aliphatic heterocycles. The van der Waals surface area contributed by atoms with Gasteiger partial charge in [-0.1, -0.05) is 29.8 Å². The van der Waals surface area contributed by atoms with Crippen LogP contribution in [0.25, 0.3) is 0 Å². The van der Waals surface area contributed by atoms with E-state index in [9.17, 15) is 4.79 Å². The highest BCUT2D eigenvalue weighted by molar-refractivity contribution is 14.1. The zero-order valence-electron chi connectivity index (χ0n) is 11.4. The first-order valence-corrected chi connectivity index (χ1v) is 8.51. The van der Waals surface area contributed by atoms with Gasteiger partial charge in [-0.3, -0.25) is 4.79 Å². The summed E-state index contributed by atoms with van der Waals surface area (Å²) in [5.41, 5.74) is 1.18. The number of rotatable bonds is 1. The summed E-state index contributed by atoms with van der Waals surface area (Å²) in [6.07, 6.45) is 3.39. The number of benzene rings is 1. The van der Waals surface area contributed by atoms with Gasteiger partial charge < -0.3 is 4.90 Å². The summed E-state index contributed by atoms with van der Waals surface area (Å²) in [4.78, 5) is 14.6. The summed E-state index contributed by atoms with van der Waals surface area (Å²) in [5.74, 6) is 0.170. The zero-order valence-corrected chi connectivity index (χ0v) is 15.1. The normalized spacial score (nSPS) is 19.1. The van der Waals surface area contributed by atoms with E-state index in [1.807, 2.05) is 23.1 Å². The molecule has 0 spiro atoms. The van der Waals surface area contributed by atoms with Gasteiger partial charge in [0, 0.05) is 21.1 Å². The van der Waals surface area contributed by atoms with E-state index in [1.165, 1.54) is 6.42 Å². The number of hydrogen-bond acceptors (Lipinski definition) is 1. The molecule has 19 heavy (non-hydrogen) atoms. The van der Waals surface area contributed by atoms with Gasteiger partial charge >= 0.3 is 0 Å². The van der Waals surface area contributed by atoms with E-state index in [1.54, 1.807) is 0 Å². The maximum absolute atomic E-state index is 12.6. The zero-order chi connectivity index (χ0) is 14.0. The Morgan fingerprint density at radius 1 is 1.32 bits per heavy atom. The number of carbonyl (C=O) groups is 1. The van der Waals surface area contributed by atoms with Crippen molar-refractivity contribution < 1.29 is 4.79 Å². The average Bonchev–Trinajstić information content (AvgIpc) is 2.52. The molecule has 0 N–H and O–H groups in total. The van der Waals surface area contributed by atoms with Crippen molar-refractivity contribution in [2.24, 2.45) is 5.41 Å². The molecule has 1 aromatic rings. The van der Waals surface area contributed by atoms with E-state index in [0.717, 1.165) is 39.5 Å². The third-order valence-electron chi connectivity index (χ3n) is 3.79. The van der Waals surface area contributed by atoms with Crippen LogP contribution in [0.15, 0.2) is 22.7 Å². The van der Waals surface area contributed by atoms with Gasteiger partial charge in [0.25, 0.3) is 5.91 Å². The molecule has 0 radical (unpaired) electrons. The van der Waals surface area contributed by atoms with Gasteiger partial charge in [0.05, 0.1) is 5.56 Å². The lowest BCUT2D eigenvalue weighted by atomic mass is 9.85. The Morgan fingerprint density at radius 3 is 2.79 bits per heavy atom. The molecule has 1 aliphatic rings. The van der Waals surface area contributed by atoms with Crippen molar-refractivity contribution in [3.05, 3.63) is 31.8 Å². The van der Waals surface area contributed by atoms with Crippen LogP contribution in [-0.2, 0) is 0 Å². The van der Waals surface area contributed by atoms with Gasteiger partial charge in [-0.2, -0.15) is 0 Å². The molecule has 0 saturated carbocycles. The van der Waals surface area contributed by atoms with Crippen molar-refractivity contribution in [3.63, 3.8) is 0 Å². The summed E-state index contributed by atoms with van der Waals surface area (Å²) < 4.78 is 1.99. The fraction of sp³-hybridized carbons (Fsp3) is 0.533. The largest absolute Gasteiger partial charge is 0.339 e. The smallest absolute Gasteiger partial charge is 0.254 e. The first-order valence-electron chi connectivity index (χ1n) is 6.63. The minimum atomic E-state index is 0.170. The van der Waals surface area contributed by atoms with Gasteiger partial charge in [-0.15, -0.1) is 0 Å². The van der Waals surface area contributed by atoms with Gasteiger partial charge in [0.1, 0.15) is 0 Å². The third-order valence-corrected chi connectivity index (χ3v) is 5.22. The molecule has 2 rings (SSSR count). The van der Waals surface area contributed by atoms with Gasteiger partial charge in [0.15, 0.2) is 0 Å². The molecule has 1 saturated heterocycles. The van der Waals surface area contributed by atoms with Crippen LogP contribution in [0.4, 0.5) is 0 Å². The Labute approximate surface area is 137 Å². The van der Waals surface area contributed by atoms with Crippen molar-refractivity contribution in [2.75, 3.05) is 13.1 Å². The fourth-order valence-corrected chi connectivity index (χ4v) is 3.39. The number of amides is 1. The predicted molar refractivity (Wildman–Crippen MR) is 90.4 cm³/mol. The lowest BCUT2D eigenvalue weighted by Crippen LogP contribution is -2.32.